The molecule has 1 N–H and O–H groups in total. The minimum absolute atomic E-state index is 0.00976. The zero-order chi connectivity index (χ0) is 29.7. The Kier molecular flexibility index (Phi) is 8.98. The van der Waals surface area contributed by atoms with Gasteiger partial charge in [0, 0.05) is 11.8 Å². The van der Waals surface area contributed by atoms with Gasteiger partial charge in [-0.3, -0.25) is 4.79 Å². The van der Waals surface area contributed by atoms with Gasteiger partial charge in [0.15, 0.2) is 17.4 Å². The van der Waals surface area contributed by atoms with Gasteiger partial charge in [0.2, 0.25) is 5.82 Å². The second kappa shape index (κ2) is 12.0. The summed E-state index contributed by atoms with van der Waals surface area (Å²) in [5.41, 5.74) is -1.27. The monoisotopic (exact) mass is 557 g/mol. The Morgan fingerprint density at radius 1 is 1.07 bits per heavy atom. The molecule has 212 valence electrons. The van der Waals surface area contributed by atoms with Crippen molar-refractivity contribution in [2.45, 2.75) is 71.8 Å². The van der Waals surface area contributed by atoms with Crippen LogP contribution in [-0.2, 0) is 20.8 Å². The van der Waals surface area contributed by atoms with Crippen LogP contribution >= 0.6 is 0 Å². The van der Waals surface area contributed by atoms with E-state index in [4.69, 9.17) is 19.5 Å². The smallest absolute Gasteiger partial charge is 0.407 e. The van der Waals surface area contributed by atoms with Gasteiger partial charge < -0.3 is 19.5 Å². The van der Waals surface area contributed by atoms with Gasteiger partial charge in [-0.05, 0) is 71.0 Å². The number of rotatable bonds is 8. The van der Waals surface area contributed by atoms with E-state index in [1.54, 1.807) is 47.6 Å². The fourth-order valence-corrected chi connectivity index (χ4v) is 3.24. The predicted octanol–water partition coefficient (Wildman–Crippen LogP) is 4.30. The van der Waals surface area contributed by atoms with E-state index >= 15 is 0 Å². The number of benzene rings is 1. The van der Waals surface area contributed by atoms with Crippen LogP contribution in [0.25, 0.3) is 11.4 Å². The molecule has 0 unspecified atom stereocenters. The number of hydrogen-bond donors (Lipinski definition) is 1. The maximum Gasteiger partial charge on any atom is 0.407 e. The van der Waals surface area contributed by atoms with Gasteiger partial charge in [-0.2, -0.15) is 10.1 Å². The van der Waals surface area contributed by atoms with Crippen molar-refractivity contribution in [3.05, 3.63) is 47.7 Å². The van der Waals surface area contributed by atoms with Crippen molar-refractivity contribution in [1.82, 2.24) is 30.5 Å². The number of tetrazole rings is 1. The molecule has 12 nitrogen and oxygen atoms in total. The predicted molar refractivity (Wildman–Crippen MR) is 136 cm³/mol. The molecule has 0 aliphatic rings. The van der Waals surface area contributed by atoms with Gasteiger partial charge in [0.05, 0.1) is 24.6 Å². The first-order chi connectivity index (χ1) is 18.6. The van der Waals surface area contributed by atoms with E-state index in [2.05, 4.69) is 25.7 Å². The van der Waals surface area contributed by atoms with Crippen LogP contribution in [-0.4, -0.2) is 54.5 Å². The summed E-state index contributed by atoms with van der Waals surface area (Å²) < 4.78 is 44.7. The highest BCUT2D eigenvalue weighted by atomic mass is 19.1. The number of aromatic nitrogens is 5. The minimum atomic E-state index is -0.923. The lowest BCUT2D eigenvalue weighted by molar-refractivity contribution is -0.155. The Morgan fingerprint density at radius 2 is 1.77 bits per heavy atom. The Labute approximate surface area is 229 Å². The quantitative estimate of drug-likeness (QED) is 0.396. The van der Waals surface area contributed by atoms with Crippen molar-refractivity contribution in [2.75, 3.05) is 0 Å². The van der Waals surface area contributed by atoms with Crippen LogP contribution in [0.4, 0.5) is 13.6 Å². The molecule has 0 aliphatic heterocycles. The number of alkyl carbamates (subject to hydrolysis) is 1. The number of halogens is 2. The topological polar surface area (TPSA) is 154 Å². The molecule has 1 atom stereocenters. The van der Waals surface area contributed by atoms with Crippen LogP contribution in [0.1, 0.15) is 53.5 Å². The molecular weight excluding hydrogens is 528 g/mol. The van der Waals surface area contributed by atoms with Gasteiger partial charge in [-0.1, -0.05) is 0 Å². The number of carbonyl (C=O) groups excluding carboxylic acids is 2. The van der Waals surface area contributed by atoms with E-state index in [9.17, 15) is 18.4 Å². The molecule has 0 saturated carbocycles. The van der Waals surface area contributed by atoms with Crippen molar-refractivity contribution in [2.24, 2.45) is 0 Å². The highest BCUT2D eigenvalue weighted by molar-refractivity contribution is 5.73. The number of nitriles is 1. The van der Waals surface area contributed by atoms with E-state index in [1.165, 1.54) is 12.1 Å². The molecule has 3 rings (SSSR count). The zero-order valence-electron chi connectivity index (χ0n) is 22.9. The Morgan fingerprint density at radius 3 is 2.38 bits per heavy atom. The van der Waals surface area contributed by atoms with E-state index in [0.29, 0.717) is 0 Å². The molecule has 2 aromatic heterocycles. The van der Waals surface area contributed by atoms with Crippen molar-refractivity contribution in [1.29, 1.82) is 5.26 Å². The Balaban J connectivity index is 1.75. The van der Waals surface area contributed by atoms with Crippen LogP contribution in [0.15, 0.2) is 30.5 Å². The molecule has 3 aromatic rings. The summed E-state index contributed by atoms with van der Waals surface area (Å²) in [5, 5.41) is 23.5. The average Bonchev–Trinajstić information content (AvgIpc) is 3.27. The van der Waals surface area contributed by atoms with Gasteiger partial charge in [-0.15, -0.1) is 10.2 Å². The second-order valence-electron chi connectivity index (χ2n) is 10.7. The van der Waals surface area contributed by atoms with Crippen molar-refractivity contribution in [3.63, 3.8) is 0 Å². The molecule has 0 spiro atoms. The van der Waals surface area contributed by atoms with Gasteiger partial charge in [0.1, 0.15) is 17.3 Å². The van der Waals surface area contributed by atoms with E-state index < -0.39 is 46.8 Å². The second-order valence-corrected chi connectivity index (χ2v) is 10.7. The molecular formula is C26H29F2N7O5. The SMILES string of the molecule is CC(C)(C)OC(=O)C[C@@H](Cn1nnc(-c2ccc(Oc3ncc(C#N)cc3F)c(F)c2)n1)NC(=O)OC(C)(C)C. The maximum atomic E-state index is 14.7. The molecule has 1 amide bonds. The highest BCUT2D eigenvalue weighted by Crippen LogP contribution is 2.28. The molecule has 0 bridgehead atoms. The number of amides is 1. The zero-order valence-corrected chi connectivity index (χ0v) is 22.9. The number of hydrogen-bond acceptors (Lipinski definition) is 10. The standard InChI is InChI=1S/C26H29F2N7O5/c1-25(2,3)39-21(36)11-17(31-24(37)40-26(4,5)6)14-35-33-22(32-34-35)16-7-8-20(18(27)10-16)38-23-19(28)9-15(12-29)13-30-23/h7-10,13,17H,11,14H2,1-6H3,(H,31,37)/t17-/m0/s1. The fraction of sp³-hybridized carbons (Fsp3) is 0.423. The minimum Gasteiger partial charge on any atom is -0.460 e. The fourth-order valence-electron chi connectivity index (χ4n) is 3.24. The Hall–Kier alpha value is -4.67. The highest BCUT2D eigenvalue weighted by Gasteiger charge is 2.26. The first-order valence-corrected chi connectivity index (χ1v) is 12.1. The molecule has 0 saturated heterocycles. The summed E-state index contributed by atoms with van der Waals surface area (Å²) in [6.07, 6.45) is 0.154. The summed E-state index contributed by atoms with van der Waals surface area (Å²) in [6.45, 7) is 10.2. The summed E-state index contributed by atoms with van der Waals surface area (Å²) in [7, 11) is 0. The first-order valence-electron chi connectivity index (χ1n) is 12.1. The van der Waals surface area contributed by atoms with Crippen LogP contribution in [0.5, 0.6) is 11.6 Å². The lowest BCUT2D eigenvalue weighted by Crippen LogP contribution is -2.43. The third-order valence-electron chi connectivity index (χ3n) is 4.72. The largest absolute Gasteiger partial charge is 0.460 e. The normalized spacial score (nSPS) is 12.3. The third kappa shape index (κ3) is 8.97. The van der Waals surface area contributed by atoms with Crippen LogP contribution in [0.3, 0.4) is 0 Å². The van der Waals surface area contributed by atoms with Gasteiger partial charge >= 0.3 is 12.1 Å². The van der Waals surface area contributed by atoms with Crippen LogP contribution in [0.2, 0.25) is 0 Å². The lowest BCUT2D eigenvalue weighted by atomic mass is 10.1. The number of nitrogens with zero attached hydrogens (tertiary/aromatic N) is 6. The molecule has 14 heteroatoms. The van der Waals surface area contributed by atoms with Gasteiger partial charge in [0.25, 0.3) is 5.88 Å². The number of carbonyl (C=O) groups is 2. The number of esters is 1. The third-order valence-corrected chi connectivity index (χ3v) is 4.72. The average molecular weight is 558 g/mol. The molecule has 2 heterocycles. The number of ether oxygens (including phenoxy) is 3. The first kappa shape index (κ1) is 29.9. The number of nitrogens with one attached hydrogen (secondary N) is 1. The summed E-state index contributed by atoms with van der Waals surface area (Å²) >= 11 is 0. The van der Waals surface area contributed by atoms with Crippen LogP contribution in [0, 0.1) is 23.0 Å². The van der Waals surface area contributed by atoms with Crippen molar-refractivity contribution < 1.29 is 32.6 Å². The number of pyridine rings is 1. The van der Waals surface area contributed by atoms with E-state index in [0.717, 1.165) is 23.1 Å². The Bertz CT molecular complexity index is 1390. The van der Waals surface area contributed by atoms with Crippen molar-refractivity contribution in [3.8, 4) is 29.1 Å². The maximum absolute atomic E-state index is 14.7. The molecule has 0 radical (unpaired) electrons. The van der Waals surface area contributed by atoms with E-state index in [-0.39, 0.29) is 35.7 Å². The summed E-state index contributed by atoms with van der Waals surface area (Å²) in [6, 6.07) is 5.58. The van der Waals surface area contributed by atoms with E-state index in [1.807, 2.05) is 0 Å². The molecule has 40 heavy (non-hydrogen) atoms. The lowest BCUT2D eigenvalue weighted by Gasteiger charge is -2.24. The summed E-state index contributed by atoms with van der Waals surface area (Å²) in [4.78, 5) is 29.6. The van der Waals surface area contributed by atoms with Gasteiger partial charge in [-0.25, -0.2) is 18.6 Å². The van der Waals surface area contributed by atoms with Crippen molar-refractivity contribution >= 4 is 12.1 Å². The van der Waals surface area contributed by atoms with Crippen LogP contribution < -0.4 is 10.1 Å². The molecule has 0 aliphatic carbocycles. The summed E-state index contributed by atoms with van der Waals surface area (Å²) in [5.74, 6) is -3.10. The molecule has 0 fully saturated rings. The molecule has 1 aromatic carbocycles.